The molecule has 0 amide bonds. The number of likely N-dealkylation sites (tertiary alicyclic amines) is 1. The number of rotatable bonds is 6. The Labute approximate surface area is 191 Å². The van der Waals surface area contributed by atoms with Crippen molar-refractivity contribution in [2.45, 2.75) is 64.2 Å². The second-order valence-electron chi connectivity index (χ2n) is 10.2. The topological polar surface area (TPSA) is 56.7 Å². The Hall–Kier alpha value is -2.14. The zero-order valence-corrected chi connectivity index (χ0v) is 19.3. The number of hydrogen-bond donors (Lipinski definition) is 1. The molecule has 0 atom stereocenters. The maximum absolute atomic E-state index is 12.5. The molecule has 1 saturated heterocycles. The van der Waals surface area contributed by atoms with Gasteiger partial charge in [-0.25, -0.2) is 0 Å². The van der Waals surface area contributed by atoms with Crippen LogP contribution >= 0.6 is 0 Å². The Kier molecular flexibility index (Phi) is 6.63. The van der Waals surface area contributed by atoms with Gasteiger partial charge in [-0.15, -0.1) is 0 Å². The van der Waals surface area contributed by atoms with Crippen LogP contribution in [0.15, 0.2) is 24.4 Å². The first-order valence-electron chi connectivity index (χ1n) is 12.8. The van der Waals surface area contributed by atoms with Crippen LogP contribution in [0.25, 0.3) is 10.9 Å². The number of fused-ring (bicyclic) bond motifs is 3. The molecule has 1 N–H and O–H groups in total. The molecule has 1 aromatic carbocycles. The largest absolute Gasteiger partial charge is 0.508 e. The first-order valence-corrected chi connectivity index (χ1v) is 12.8. The fourth-order valence-electron chi connectivity index (χ4n) is 6.10. The minimum Gasteiger partial charge on any atom is -0.508 e. The predicted octanol–water partition coefficient (Wildman–Crippen LogP) is 5.41. The summed E-state index contributed by atoms with van der Waals surface area (Å²) >= 11 is 0. The van der Waals surface area contributed by atoms with E-state index in [1.54, 1.807) is 18.3 Å². The molecule has 1 saturated carbocycles. The first kappa shape index (κ1) is 21.7. The standard InChI is InChI=1S/C27H37N3O2/c31-22-6-7-25-23(18-22)27-24(19-28-25)26(32)12-17-30(27)16-11-21-9-14-29(15-10-21)13-8-20-4-2-1-3-5-20/h6-7,18-21,31H,1-5,8-17H2. The number of hydrogen-bond acceptors (Lipinski definition) is 5. The van der Waals surface area contributed by atoms with Crippen molar-refractivity contribution < 1.29 is 9.90 Å². The quantitative estimate of drug-likeness (QED) is 0.658. The normalized spacial score (nSPS) is 21.2. The van der Waals surface area contributed by atoms with Crippen LogP contribution in [0.3, 0.4) is 0 Å². The van der Waals surface area contributed by atoms with Crippen LogP contribution in [-0.2, 0) is 0 Å². The number of anilines is 1. The van der Waals surface area contributed by atoms with Gasteiger partial charge in [0.15, 0.2) is 5.78 Å². The Morgan fingerprint density at radius 3 is 2.50 bits per heavy atom. The van der Waals surface area contributed by atoms with Crippen LogP contribution < -0.4 is 4.90 Å². The molecule has 0 radical (unpaired) electrons. The number of aromatic nitrogens is 1. The molecule has 5 rings (SSSR count). The summed E-state index contributed by atoms with van der Waals surface area (Å²) < 4.78 is 0. The maximum atomic E-state index is 12.5. The second-order valence-corrected chi connectivity index (χ2v) is 10.2. The van der Waals surface area contributed by atoms with Crippen LogP contribution in [0.5, 0.6) is 5.75 Å². The summed E-state index contributed by atoms with van der Waals surface area (Å²) in [7, 11) is 0. The van der Waals surface area contributed by atoms with Gasteiger partial charge in [0.2, 0.25) is 0 Å². The van der Waals surface area contributed by atoms with E-state index in [0.29, 0.717) is 12.0 Å². The SMILES string of the molecule is O=C1CCN(CCC2CCN(CCC3CCCCC3)CC2)c2c1cnc1ccc(O)cc21. The lowest BCUT2D eigenvalue weighted by atomic mass is 9.86. The molecule has 172 valence electrons. The van der Waals surface area contributed by atoms with Gasteiger partial charge in [0.05, 0.1) is 16.8 Å². The number of carbonyl (C=O) groups excluding carboxylic acids is 1. The fraction of sp³-hybridized carbons (Fsp3) is 0.630. The Morgan fingerprint density at radius 1 is 0.938 bits per heavy atom. The third-order valence-corrected chi connectivity index (χ3v) is 8.14. The Balaban J connectivity index is 1.17. The molecule has 32 heavy (non-hydrogen) atoms. The number of phenolic OH excluding ortho intramolecular Hbond substituents is 1. The van der Waals surface area contributed by atoms with Gasteiger partial charge in [0.1, 0.15) is 5.75 Å². The van der Waals surface area contributed by atoms with Gasteiger partial charge in [-0.05, 0) is 75.4 Å². The molecule has 2 aromatic rings. The number of nitrogens with zero attached hydrogens (tertiary/aromatic N) is 3. The highest BCUT2D eigenvalue weighted by Gasteiger charge is 2.27. The van der Waals surface area contributed by atoms with Crippen molar-refractivity contribution in [1.29, 1.82) is 0 Å². The molecule has 3 heterocycles. The summed E-state index contributed by atoms with van der Waals surface area (Å²) in [6.07, 6.45) is 14.7. The van der Waals surface area contributed by atoms with E-state index in [9.17, 15) is 9.90 Å². The number of carbonyl (C=O) groups is 1. The van der Waals surface area contributed by atoms with Crippen molar-refractivity contribution >= 4 is 22.4 Å². The monoisotopic (exact) mass is 435 g/mol. The highest BCUT2D eigenvalue weighted by Crippen LogP contribution is 2.36. The average molecular weight is 436 g/mol. The molecule has 0 unspecified atom stereocenters. The van der Waals surface area contributed by atoms with Crippen molar-refractivity contribution in [3.63, 3.8) is 0 Å². The van der Waals surface area contributed by atoms with E-state index in [4.69, 9.17) is 0 Å². The molecule has 5 heteroatoms. The molecule has 1 aromatic heterocycles. The highest BCUT2D eigenvalue weighted by molar-refractivity contribution is 6.10. The molecular formula is C27H37N3O2. The van der Waals surface area contributed by atoms with Gasteiger partial charge in [0, 0.05) is 31.1 Å². The van der Waals surface area contributed by atoms with Crippen molar-refractivity contribution in [1.82, 2.24) is 9.88 Å². The zero-order chi connectivity index (χ0) is 21.9. The highest BCUT2D eigenvalue weighted by atomic mass is 16.3. The lowest BCUT2D eigenvalue weighted by molar-refractivity contribution is 0.0979. The number of aromatic hydroxyl groups is 1. The van der Waals surface area contributed by atoms with Crippen LogP contribution in [0.1, 0.15) is 74.6 Å². The molecule has 1 aliphatic carbocycles. The smallest absolute Gasteiger partial charge is 0.168 e. The summed E-state index contributed by atoms with van der Waals surface area (Å²) in [5, 5.41) is 10.9. The fourth-order valence-corrected chi connectivity index (χ4v) is 6.10. The molecule has 0 bridgehead atoms. The first-order chi connectivity index (χ1) is 15.7. The van der Waals surface area contributed by atoms with E-state index in [1.165, 1.54) is 77.4 Å². The van der Waals surface area contributed by atoms with Gasteiger partial charge in [0.25, 0.3) is 0 Å². The lowest BCUT2D eigenvalue weighted by Gasteiger charge is -2.36. The molecule has 5 nitrogen and oxygen atoms in total. The van der Waals surface area contributed by atoms with E-state index in [1.807, 2.05) is 6.07 Å². The molecular weight excluding hydrogens is 398 g/mol. The van der Waals surface area contributed by atoms with Crippen LogP contribution in [0, 0.1) is 11.8 Å². The van der Waals surface area contributed by atoms with Gasteiger partial charge in [-0.1, -0.05) is 32.1 Å². The summed E-state index contributed by atoms with van der Waals surface area (Å²) in [6, 6.07) is 5.27. The average Bonchev–Trinajstić information content (AvgIpc) is 2.83. The van der Waals surface area contributed by atoms with Crippen molar-refractivity contribution in [2.24, 2.45) is 11.8 Å². The summed E-state index contributed by atoms with van der Waals surface area (Å²) in [5.41, 5.74) is 2.53. The lowest BCUT2D eigenvalue weighted by Crippen LogP contribution is -2.38. The van der Waals surface area contributed by atoms with E-state index in [-0.39, 0.29) is 11.5 Å². The van der Waals surface area contributed by atoms with Crippen LogP contribution in [-0.4, -0.2) is 53.5 Å². The summed E-state index contributed by atoms with van der Waals surface area (Å²) in [4.78, 5) is 22.1. The van der Waals surface area contributed by atoms with Gasteiger partial charge >= 0.3 is 0 Å². The Bertz CT molecular complexity index is 945. The number of piperidine rings is 1. The van der Waals surface area contributed by atoms with E-state index in [0.717, 1.165) is 41.5 Å². The third-order valence-electron chi connectivity index (χ3n) is 8.14. The molecule has 3 aliphatic rings. The number of phenols is 1. The number of benzene rings is 1. The summed E-state index contributed by atoms with van der Waals surface area (Å²) in [5.74, 6) is 2.14. The maximum Gasteiger partial charge on any atom is 0.168 e. The van der Waals surface area contributed by atoms with Crippen molar-refractivity contribution in [2.75, 3.05) is 37.6 Å². The van der Waals surface area contributed by atoms with Crippen molar-refractivity contribution in [3.05, 3.63) is 30.0 Å². The van der Waals surface area contributed by atoms with Gasteiger partial charge < -0.3 is 14.9 Å². The van der Waals surface area contributed by atoms with E-state index < -0.39 is 0 Å². The second kappa shape index (κ2) is 9.78. The molecule has 2 fully saturated rings. The number of pyridine rings is 1. The number of Topliss-reactive ketones (excluding diaryl/α,β-unsaturated/α-hetero) is 1. The minimum absolute atomic E-state index is 0.167. The third kappa shape index (κ3) is 4.78. The van der Waals surface area contributed by atoms with E-state index in [2.05, 4.69) is 14.8 Å². The van der Waals surface area contributed by atoms with Crippen molar-refractivity contribution in [3.8, 4) is 5.75 Å². The van der Waals surface area contributed by atoms with Crippen LogP contribution in [0.2, 0.25) is 0 Å². The Morgan fingerprint density at radius 2 is 1.69 bits per heavy atom. The molecule has 0 spiro atoms. The van der Waals surface area contributed by atoms with E-state index >= 15 is 0 Å². The van der Waals surface area contributed by atoms with Crippen LogP contribution in [0.4, 0.5) is 5.69 Å². The summed E-state index contributed by atoms with van der Waals surface area (Å²) in [6.45, 7) is 5.52. The predicted molar refractivity (Wildman–Crippen MR) is 130 cm³/mol. The number of ketones is 1. The zero-order valence-electron chi connectivity index (χ0n) is 19.3. The van der Waals surface area contributed by atoms with Gasteiger partial charge in [-0.2, -0.15) is 0 Å². The van der Waals surface area contributed by atoms with Gasteiger partial charge in [-0.3, -0.25) is 9.78 Å². The minimum atomic E-state index is 0.167. The molecule has 2 aliphatic heterocycles.